The molecule has 1 fully saturated rings. The number of anilines is 1. The highest BCUT2D eigenvalue weighted by molar-refractivity contribution is 5.45. The van der Waals surface area contributed by atoms with Crippen molar-refractivity contribution >= 4 is 5.82 Å². The molecule has 1 atom stereocenters. The van der Waals surface area contributed by atoms with Gasteiger partial charge in [-0.25, -0.2) is 4.98 Å². The highest BCUT2D eigenvalue weighted by Crippen LogP contribution is 2.20. The van der Waals surface area contributed by atoms with Crippen LogP contribution >= 0.6 is 0 Å². The average Bonchev–Trinajstić information content (AvgIpc) is 2.40. The number of aromatic nitrogens is 1. The van der Waals surface area contributed by atoms with E-state index in [0.29, 0.717) is 12.5 Å². The minimum Gasteiger partial charge on any atom is -0.381 e. The maximum atomic E-state index is 5.73. The van der Waals surface area contributed by atoms with Gasteiger partial charge in [0.2, 0.25) is 0 Å². The molecule has 1 saturated heterocycles. The summed E-state index contributed by atoms with van der Waals surface area (Å²) in [5.74, 6) is 1.61. The van der Waals surface area contributed by atoms with Gasteiger partial charge >= 0.3 is 0 Å². The third kappa shape index (κ3) is 3.17. The molecule has 2 heterocycles. The third-order valence-corrected chi connectivity index (χ3v) is 3.24. The zero-order valence-electron chi connectivity index (χ0n) is 10.4. The zero-order chi connectivity index (χ0) is 12.1. The molecule has 0 spiro atoms. The first-order valence-corrected chi connectivity index (χ1v) is 6.24. The molecule has 0 amide bonds. The topological polar surface area (TPSA) is 51.4 Å². The van der Waals surface area contributed by atoms with Gasteiger partial charge in [0.1, 0.15) is 5.82 Å². The van der Waals surface area contributed by atoms with Crippen LogP contribution in [0.2, 0.25) is 0 Å². The molecule has 0 aromatic carbocycles. The number of pyridine rings is 1. The molecular formula is C13H21N3O. The van der Waals surface area contributed by atoms with E-state index in [9.17, 15) is 0 Å². The summed E-state index contributed by atoms with van der Waals surface area (Å²) in [5, 5.41) is 0. The van der Waals surface area contributed by atoms with E-state index in [1.54, 1.807) is 0 Å². The number of hydrogen-bond donors (Lipinski definition) is 1. The standard InChI is InChI=1S/C13H21N3O/c1-16(9-11-4-3-7-17-10-11)13-12(8-14)5-2-6-15-13/h2,5-6,11H,3-4,7-10,14H2,1H3. The van der Waals surface area contributed by atoms with Crippen LogP contribution in [0.4, 0.5) is 5.82 Å². The van der Waals surface area contributed by atoms with Crippen LogP contribution < -0.4 is 10.6 Å². The molecular weight excluding hydrogens is 214 g/mol. The van der Waals surface area contributed by atoms with Crippen LogP contribution in [0.5, 0.6) is 0 Å². The van der Waals surface area contributed by atoms with Crippen molar-refractivity contribution in [1.82, 2.24) is 4.98 Å². The molecule has 2 rings (SSSR count). The zero-order valence-corrected chi connectivity index (χ0v) is 10.4. The number of nitrogens with zero attached hydrogens (tertiary/aromatic N) is 2. The first-order chi connectivity index (χ1) is 8.31. The summed E-state index contributed by atoms with van der Waals surface area (Å²) in [5.41, 5.74) is 6.83. The Labute approximate surface area is 103 Å². The molecule has 1 aliphatic heterocycles. The van der Waals surface area contributed by atoms with Crippen molar-refractivity contribution in [1.29, 1.82) is 0 Å². The molecule has 4 nitrogen and oxygen atoms in total. The summed E-state index contributed by atoms with van der Waals surface area (Å²) in [6.45, 7) is 3.31. The monoisotopic (exact) mass is 235 g/mol. The smallest absolute Gasteiger partial charge is 0.132 e. The molecule has 94 valence electrons. The predicted octanol–water partition coefficient (Wildman–Crippen LogP) is 1.40. The fourth-order valence-electron chi connectivity index (χ4n) is 2.36. The molecule has 0 radical (unpaired) electrons. The molecule has 0 bridgehead atoms. The van der Waals surface area contributed by atoms with Gasteiger partial charge in [-0.1, -0.05) is 6.07 Å². The Morgan fingerprint density at radius 1 is 1.59 bits per heavy atom. The summed E-state index contributed by atoms with van der Waals surface area (Å²) in [6.07, 6.45) is 4.24. The van der Waals surface area contributed by atoms with E-state index in [1.165, 1.54) is 12.8 Å². The van der Waals surface area contributed by atoms with Gasteiger partial charge in [0, 0.05) is 38.5 Å². The normalized spacial score (nSPS) is 20.2. The molecule has 1 aromatic heterocycles. The lowest BCUT2D eigenvalue weighted by molar-refractivity contribution is 0.0576. The molecule has 1 aromatic rings. The van der Waals surface area contributed by atoms with Crippen LogP contribution in [0.3, 0.4) is 0 Å². The Balaban J connectivity index is 2.00. The van der Waals surface area contributed by atoms with Gasteiger partial charge in [-0.15, -0.1) is 0 Å². The van der Waals surface area contributed by atoms with Gasteiger partial charge in [-0.2, -0.15) is 0 Å². The van der Waals surface area contributed by atoms with Crippen molar-refractivity contribution in [2.75, 3.05) is 31.7 Å². The maximum absolute atomic E-state index is 5.73. The summed E-state index contributed by atoms with van der Waals surface area (Å²) in [7, 11) is 2.08. The Morgan fingerprint density at radius 2 is 2.47 bits per heavy atom. The molecule has 0 aliphatic carbocycles. The average molecular weight is 235 g/mol. The third-order valence-electron chi connectivity index (χ3n) is 3.24. The fraction of sp³-hybridized carbons (Fsp3) is 0.615. The molecule has 17 heavy (non-hydrogen) atoms. The van der Waals surface area contributed by atoms with E-state index < -0.39 is 0 Å². The lowest BCUT2D eigenvalue weighted by atomic mass is 10.0. The SMILES string of the molecule is CN(CC1CCCOC1)c1ncccc1CN. The Kier molecular flexibility index (Phi) is 4.34. The van der Waals surface area contributed by atoms with Crippen molar-refractivity contribution in [3.8, 4) is 0 Å². The lowest BCUT2D eigenvalue weighted by Crippen LogP contribution is -2.32. The summed E-state index contributed by atoms with van der Waals surface area (Å²) < 4.78 is 5.50. The second-order valence-electron chi connectivity index (χ2n) is 4.65. The number of hydrogen-bond acceptors (Lipinski definition) is 4. The molecule has 1 aliphatic rings. The van der Waals surface area contributed by atoms with Crippen LogP contribution in [0.25, 0.3) is 0 Å². The van der Waals surface area contributed by atoms with E-state index >= 15 is 0 Å². The van der Waals surface area contributed by atoms with Crippen molar-refractivity contribution in [3.63, 3.8) is 0 Å². The second kappa shape index (κ2) is 5.98. The van der Waals surface area contributed by atoms with Gasteiger partial charge in [-0.3, -0.25) is 0 Å². The minimum absolute atomic E-state index is 0.536. The summed E-state index contributed by atoms with van der Waals surface area (Å²) in [6, 6.07) is 3.97. The van der Waals surface area contributed by atoms with Crippen molar-refractivity contribution in [2.24, 2.45) is 11.7 Å². The van der Waals surface area contributed by atoms with Crippen LogP contribution in [0.15, 0.2) is 18.3 Å². The van der Waals surface area contributed by atoms with Crippen LogP contribution in [0.1, 0.15) is 18.4 Å². The molecule has 2 N–H and O–H groups in total. The van der Waals surface area contributed by atoms with Gasteiger partial charge < -0.3 is 15.4 Å². The molecule has 0 saturated carbocycles. The second-order valence-corrected chi connectivity index (χ2v) is 4.65. The highest BCUT2D eigenvalue weighted by atomic mass is 16.5. The van der Waals surface area contributed by atoms with E-state index in [0.717, 1.165) is 31.1 Å². The van der Waals surface area contributed by atoms with Crippen LogP contribution in [-0.4, -0.2) is 31.8 Å². The highest BCUT2D eigenvalue weighted by Gasteiger charge is 2.17. The van der Waals surface area contributed by atoms with E-state index in [4.69, 9.17) is 10.5 Å². The van der Waals surface area contributed by atoms with Crippen LogP contribution in [0, 0.1) is 5.92 Å². The van der Waals surface area contributed by atoms with Gasteiger partial charge in [-0.05, 0) is 24.8 Å². The van der Waals surface area contributed by atoms with Gasteiger partial charge in [0.05, 0.1) is 6.61 Å². The van der Waals surface area contributed by atoms with E-state index in [-0.39, 0.29) is 0 Å². The quantitative estimate of drug-likeness (QED) is 0.857. The van der Waals surface area contributed by atoms with Crippen molar-refractivity contribution < 1.29 is 4.74 Å². The Morgan fingerprint density at radius 3 is 3.18 bits per heavy atom. The van der Waals surface area contributed by atoms with E-state index in [1.807, 2.05) is 18.3 Å². The van der Waals surface area contributed by atoms with Crippen molar-refractivity contribution in [3.05, 3.63) is 23.9 Å². The van der Waals surface area contributed by atoms with Crippen LogP contribution in [-0.2, 0) is 11.3 Å². The lowest BCUT2D eigenvalue weighted by Gasteiger charge is -2.28. The van der Waals surface area contributed by atoms with Gasteiger partial charge in [0.25, 0.3) is 0 Å². The largest absolute Gasteiger partial charge is 0.381 e. The summed E-state index contributed by atoms with van der Waals surface area (Å²) >= 11 is 0. The molecule has 4 heteroatoms. The Hall–Kier alpha value is -1.13. The first kappa shape index (κ1) is 12.3. The fourth-order valence-corrected chi connectivity index (χ4v) is 2.36. The number of rotatable bonds is 4. The number of nitrogens with two attached hydrogens (primary N) is 1. The molecule has 1 unspecified atom stereocenters. The first-order valence-electron chi connectivity index (χ1n) is 6.24. The summed E-state index contributed by atoms with van der Waals surface area (Å²) in [4.78, 5) is 6.62. The minimum atomic E-state index is 0.536. The predicted molar refractivity (Wildman–Crippen MR) is 68.9 cm³/mol. The van der Waals surface area contributed by atoms with Crippen molar-refractivity contribution in [2.45, 2.75) is 19.4 Å². The van der Waals surface area contributed by atoms with E-state index in [2.05, 4.69) is 16.9 Å². The maximum Gasteiger partial charge on any atom is 0.132 e. The number of ether oxygens (including phenoxy) is 1. The Bertz CT molecular complexity index is 350. The van der Waals surface area contributed by atoms with Gasteiger partial charge in [0.15, 0.2) is 0 Å².